The predicted molar refractivity (Wildman–Crippen MR) is 117 cm³/mol. The molecule has 1 N–H and O–H groups in total. The molecule has 0 radical (unpaired) electrons. The second-order valence-corrected chi connectivity index (χ2v) is 9.80. The minimum Gasteiger partial charge on any atom is -0.376 e. The van der Waals surface area contributed by atoms with Gasteiger partial charge in [0.1, 0.15) is 5.75 Å². The van der Waals surface area contributed by atoms with Crippen LogP contribution in [0.4, 0.5) is 13.2 Å². The van der Waals surface area contributed by atoms with E-state index < -0.39 is 15.6 Å². The Kier molecular flexibility index (Phi) is 7.96. The summed E-state index contributed by atoms with van der Waals surface area (Å²) < 4.78 is 64.2. The molecule has 2 aromatic rings. The molecule has 0 atom stereocenters. The first-order valence-electron chi connectivity index (χ1n) is 9.98. The van der Waals surface area contributed by atoms with E-state index in [9.17, 15) is 26.4 Å². The van der Waals surface area contributed by atoms with E-state index in [2.05, 4.69) is 14.4 Å². The number of hydrogen-bond acceptors (Lipinski definition) is 6. The number of amides is 1. The van der Waals surface area contributed by atoms with Crippen molar-refractivity contribution in [3.63, 3.8) is 0 Å². The molecule has 1 amide bonds. The van der Waals surface area contributed by atoms with Crippen LogP contribution in [0.15, 0.2) is 41.8 Å². The first-order valence-corrected chi connectivity index (χ1v) is 12.3. The smallest absolute Gasteiger partial charge is 0.376 e. The molecular weight excluding hydrogens is 465 g/mol. The van der Waals surface area contributed by atoms with E-state index in [1.807, 2.05) is 17.5 Å². The summed E-state index contributed by atoms with van der Waals surface area (Å²) >= 11 is 1.55. The fourth-order valence-corrected chi connectivity index (χ4v) is 4.35. The van der Waals surface area contributed by atoms with Crippen molar-refractivity contribution in [1.82, 2.24) is 10.2 Å². The number of carbonyl (C=O) groups is 1. The van der Waals surface area contributed by atoms with Crippen LogP contribution in [0.2, 0.25) is 0 Å². The Morgan fingerprint density at radius 2 is 2.03 bits per heavy atom. The lowest BCUT2D eigenvalue weighted by atomic mass is 9.99. The number of alkyl halides is 3. The highest BCUT2D eigenvalue weighted by molar-refractivity contribution is 7.88. The fourth-order valence-electron chi connectivity index (χ4n) is 3.28. The summed E-state index contributed by atoms with van der Waals surface area (Å²) in [5.41, 5.74) is -3.76. The molecule has 1 aromatic carbocycles. The Morgan fingerprint density at radius 1 is 1.22 bits per heavy atom. The van der Waals surface area contributed by atoms with Crippen LogP contribution in [0, 0.1) is 0 Å². The van der Waals surface area contributed by atoms with E-state index in [1.54, 1.807) is 23.5 Å². The van der Waals surface area contributed by atoms with Gasteiger partial charge in [0.15, 0.2) is 0 Å². The maximum Gasteiger partial charge on any atom is 0.534 e. The normalized spacial score (nSPS) is 15.0. The van der Waals surface area contributed by atoms with Crippen LogP contribution >= 0.6 is 11.3 Å². The van der Waals surface area contributed by atoms with Gasteiger partial charge in [-0.05, 0) is 66.6 Å². The zero-order chi connectivity index (χ0) is 23.2. The SMILES string of the molecule is O=C(/C=C/c1cccs1)NCCCCN1CCc2ccc(OS(=O)(=O)C(F)(F)F)cc2C1. The number of halogens is 3. The molecule has 0 fully saturated rings. The number of thiophene rings is 1. The van der Waals surface area contributed by atoms with E-state index in [1.165, 1.54) is 18.2 Å². The van der Waals surface area contributed by atoms with Crippen molar-refractivity contribution in [1.29, 1.82) is 0 Å². The topological polar surface area (TPSA) is 75.7 Å². The molecule has 1 aliphatic heterocycles. The van der Waals surface area contributed by atoms with Gasteiger partial charge in [-0.15, -0.1) is 11.3 Å². The predicted octanol–water partition coefficient (Wildman–Crippen LogP) is 3.94. The van der Waals surface area contributed by atoms with Crippen LogP contribution in [0.3, 0.4) is 0 Å². The number of benzene rings is 1. The number of carbonyl (C=O) groups excluding carboxylic acids is 1. The number of rotatable bonds is 9. The van der Waals surface area contributed by atoms with Crippen molar-refractivity contribution in [3.05, 3.63) is 57.8 Å². The molecule has 6 nitrogen and oxygen atoms in total. The summed E-state index contributed by atoms with van der Waals surface area (Å²) in [4.78, 5) is 15.0. The van der Waals surface area contributed by atoms with Crippen LogP contribution in [0.5, 0.6) is 5.75 Å². The van der Waals surface area contributed by atoms with Crippen LogP contribution in [0.1, 0.15) is 28.8 Å². The highest BCUT2D eigenvalue weighted by Gasteiger charge is 2.48. The van der Waals surface area contributed by atoms with Crippen molar-refractivity contribution < 1.29 is 30.6 Å². The molecule has 0 saturated heterocycles. The third-order valence-electron chi connectivity index (χ3n) is 4.90. The first-order chi connectivity index (χ1) is 15.1. The maximum atomic E-state index is 12.5. The van der Waals surface area contributed by atoms with Crippen molar-refractivity contribution >= 4 is 33.4 Å². The zero-order valence-electron chi connectivity index (χ0n) is 17.1. The number of nitrogens with zero attached hydrogens (tertiary/aromatic N) is 1. The van der Waals surface area contributed by atoms with Gasteiger partial charge in [-0.25, -0.2) is 0 Å². The largest absolute Gasteiger partial charge is 0.534 e. The van der Waals surface area contributed by atoms with Gasteiger partial charge >= 0.3 is 15.6 Å². The lowest BCUT2D eigenvalue weighted by molar-refractivity contribution is -0.116. The molecule has 0 aliphatic carbocycles. The minimum absolute atomic E-state index is 0.147. The highest BCUT2D eigenvalue weighted by Crippen LogP contribution is 2.29. The Bertz CT molecular complexity index is 1050. The van der Waals surface area contributed by atoms with Gasteiger partial charge in [-0.3, -0.25) is 9.69 Å². The van der Waals surface area contributed by atoms with Crippen LogP contribution in [0.25, 0.3) is 6.08 Å². The first kappa shape index (κ1) is 24.3. The maximum absolute atomic E-state index is 12.5. The average molecular weight is 489 g/mol. The molecule has 3 rings (SSSR count). The van der Waals surface area contributed by atoms with Gasteiger partial charge in [0, 0.05) is 30.6 Å². The lowest BCUT2D eigenvalue weighted by Gasteiger charge is -2.29. The average Bonchev–Trinajstić information content (AvgIpc) is 3.24. The number of hydrogen-bond donors (Lipinski definition) is 1. The molecule has 1 aromatic heterocycles. The van der Waals surface area contributed by atoms with E-state index in [0.29, 0.717) is 19.5 Å². The summed E-state index contributed by atoms with van der Waals surface area (Å²) in [5.74, 6) is -0.493. The Labute approximate surface area is 188 Å². The highest BCUT2D eigenvalue weighted by atomic mass is 32.2. The van der Waals surface area contributed by atoms with Crippen molar-refractivity contribution in [2.24, 2.45) is 0 Å². The quantitative estimate of drug-likeness (QED) is 0.250. The van der Waals surface area contributed by atoms with Gasteiger partial charge in [-0.1, -0.05) is 12.1 Å². The fraction of sp³-hybridized carbons (Fsp3) is 0.381. The second kappa shape index (κ2) is 10.5. The summed E-state index contributed by atoms with van der Waals surface area (Å²) in [6.45, 7) is 2.59. The number of fused-ring (bicyclic) bond motifs is 1. The molecular formula is C21H23F3N2O4S2. The summed E-state index contributed by atoms with van der Waals surface area (Å²) in [7, 11) is -5.69. The molecule has 0 spiro atoms. The van der Waals surface area contributed by atoms with Crippen molar-refractivity contribution in [2.75, 3.05) is 19.6 Å². The Hall–Kier alpha value is -2.37. The Balaban J connectivity index is 1.42. The van der Waals surface area contributed by atoms with Crippen LogP contribution in [-0.2, 0) is 27.9 Å². The third kappa shape index (κ3) is 6.81. The van der Waals surface area contributed by atoms with E-state index in [4.69, 9.17) is 0 Å². The van der Waals surface area contributed by atoms with E-state index in [0.717, 1.165) is 41.9 Å². The Morgan fingerprint density at radius 3 is 2.75 bits per heavy atom. The standard InChI is InChI=1S/C21H23F3N2O4S2/c22-21(23,24)32(28,29)30-18-6-5-16-9-12-26(15-17(16)14-18)11-2-1-10-25-20(27)8-7-19-4-3-13-31-19/h3-8,13-14H,1-2,9-12,15H2,(H,25,27)/b8-7+. The number of nitrogens with one attached hydrogen (secondary N) is 1. The second-order valence-electron chi connectivity index (χ2n) is 7.29. The summed E-state index contributed by atoms with van der Waals surface area (Å²) in [6, 6.07) is 8.04. The third-order valence-corrected chi connectivity index (χ3v) is 6.72. The molecule has 11 heteroatoms. The van der Waals surface area contributed by atoms with Gasteiger partial charge in [-0.2, -0.15) is 21.6 Å². The van der Waals surface area contributed by atoms with Gasteiger partial charge < -0.3 is 9.50 Å². The van der Waals surface area contributed by atoms with E-state index >= 15 is 0 Å². The number of unbranched alkanes of at least 4 members (excludes halogenated alkanes) is 1. The van der Waals surface area contributed by atoms with Gasteiger partial charge in [0.2, 0.25) is 5.91 Å². The molecule has 0 unspecified atom stereocenters. The molecule has 0 bridgehead atoms. The van der Waals surface area contributed by atoms with Crippen LogP contribution < -0.4 is 9.50 Å². The monoisotopic (exact) mass is 488 g/mol. The lowest BCUT2D eigenvalue weighted by Crippen LogP contribution is -2.32. The summed E-state index contributed by atoms with van der Waals surface area (Å²) in [5, 5.41) is 4.77. The molecule has 2 heterocycles. The summed E-state index contributed by atoms with van der Waals surface area (Å²) in [6.07, 6.45) is 5.61. The van der Waals surface area contributed by atoms with Gasteiger partial charge in [0.05, 0.1) is 0 Å². The van der Waals surface area contributed by atoms with Crippen LogP contribution in [-0.4, -0.2) is 44.4 Å². The molecule has 0 saturated carbocycles. The molecule has 174 valence electrons. The molecule has 1 aliphatic rings. The minimum atomic E-state index is -5.69. The van der Waals surface area contributed by atoms with Crippen molar-refractivity contribution in [2.45, 2.75) is 31.3 Å². The van der Waals surface area contributed by atoms with E-state index in [-0.39, 0.29) is 11.7 Å². The van der Waals surface area contributed by atoms with Crippen molar-refractivity contribution in [3.8, 4) is 5.75 Å². The molecule has 32 heavy (non-hydrogen) atoms. The zero-order valence-corrected chi connectivity index (χ0v) is 18.7. The van der Waals surface area contributed by atoms with Gasteiger partial charge in [0.25, 0.3) is 0 Å².